The molecule has 2 aromatic heterocycles. The van der Waals surface area contributed by atoms with Gasteiger partial charge in [-0.05, 0) is 49.4 Å². The second-order valence-electron chi connectivity index (χ2n) is 5.84. The number of aromatic nitrogens is 2. The van der Waals surface area contributed by atoms with Crippen molar-refractivity contribution in [3.63, 3.8) is 0 Å². The van der Waals surface area contributed by atoms with Crippen LogP contribution in [-0.2, 0) is 6.42 Å². The van der Waals surface area contributed by atoms with Crippen LogP contribution in [0, 0.1) is 0 Å². The molecule has 1 fully saturated rings. The molecule has 0 atom stereocenters. The lowest BCUT2D eigenvalue weighted by atomic mass is 10.0. The average Bonchev–Trinajstić information content (AvgIpc) is 2.62. The van der Waals surface area contributed by atoms with Gasteiger partial charge in [-0.25, -0.2) is 9.97 Å². The van der Waals surface area contributed by atoms with Crippen molar-refractivity contribution in [3.05, 3.63) is 47.3 Å². The number of ketones is 1. The lowest BCUT2D eigenvalue weighted by Gasteiger charge is -2.28. The number of carbonyl (C=O) groups is 1. The van der Waals surface area contributed by atoms with Gasteiger partial charge >= 0.3 is 0 Å². The number of carbonyl (C=O) groups excluding carboxylic acids is 1. The number of pyridine rings is 2. The Kier molecular flexibility index (Phi) is 4.55. The van der Waals surface area contributed by atoms with Crippen LogP contribution in [0.1, 0.15) is 47.8 Å². The molecule has 1 saturated heterocycles. The van der Waals surface area contributed by atoms with E-state index in [1.54, 1.807) is 18.3 Å². The second kappa shape index (κ2) is 6.77. The Bertz CT molecular complexity index is 708. The number of nitrogens with zero attached hydrogens (tertiary/aromatic N) is 3. The van der Waals surface area contributed by atoms with Crippen molar-refractivity contribution in [2.45, 2.75) is 32.6 Å². The van der Waals surface area contributed by atoms with Crippen LogP contribution in [0.15, 0.2) is 30.5 Å². The zero-order valence-electron chi connectivity index (χ0n) is 13.5. The summed E-state index contributed by atoms with van der Waals surface area (Å²) >= 11 is 0. The average molecular weight is 310 g/mol. The highest BCUT2D eigenvalue weighted by Gasteiger charge is 2.20. The van der Waals surface area contributed by atoms with Crippen LogP contribution in [0.25, 0.3) is 0 Å². The Hall–Kier alpha value is -2.43. The van der Waals surface area contributed by atoms with Gasteiger partial charge in [-0.1, -0.05) is 13.0 Å². The Morgan fingerprint density at radius 2 is 2.00 bits per heavy atom. The first-order valence-electron chi connectivity index (χ1n) is 8.20. The number of nitrogens with two attached hydrogens (primary N) is 1. The van der Waals surface area contributed by atoms with Crippen molar-refractivity contribution >= 4 is 17.4 Å². The number of anilines is 2. The van der Waals surface area contributed by atoms with Crippen LogP contribution >= 0.6 is 0 Å². The third-order valence-electron chi connectivity index (χ3n) is 4.32. The van der Waals surface area contributed by atoms with E-state index in [0.717, 1.165) is 30.9 Å². The van der Waals surface area contributed by atoms with Crippen molar-refractivity contribution < 1.29 is 4.79 Å². The maximum atomic E-state index is 12.9. The Morgan fingerprint density at radius 3 is 2.70 bits per heavy atom. The van der Waals surface area contributed by atoms with Crippen molar-refractivity contribution in [1.29, 1.82) is 0 Å². The molecule has 0 radical (unpaired) electrons. The minimum absolute atomic E-state index is 0.147. The second-order valence-corrected chi connectivity index (χ2v) is 5.84. The monoisotopic (exact) mass is 310 g/mol. The van der Waals surface area contributed by atoms with Crippen LogP contribution in [0.2, 0.25) is 0 Å². The van der Waals surface area contributed by atoms with E-state index in [1.165, 1.54) is 19.3 Å². The fourth-order valence-electron chi connectivity index (χ4n) is 3.00. The van der Waals surface area contributed by atoms with Gasteiger partial charge in [0.1, 0.15) is 17.3 Å². The Balaban J connectivity index is 1.99. The molecule has 120 valence electrons. The molecular weight excluding hydrogens is 288 g/mol. The van der Waals surface area contributed by atoms with Crippen molar-refractivity contribution in [2.75, 3.05) is 23.7 Å². The molecule has 3 rings (SSSR count). The fourth-order valence-corrected chi connectivity index (χ4v) is 3.00. The van der Waals surface area contributed by atoms with E-state index in [2.05, 4.69) is 14.9 Å². The van der Waals surface area contributed by atoms with Crippen molar-refractivity contribution in [1.82, 2.24) is 9.97 Å². The summed E-state index contributed by atoms with van der Waals surface area (Å²) in [6, 6.07) is 7.47. The molecule has 3 heterocycles. The minimum atomic E-state index is -0.147. The number of rotatable bonds is 4. The highest BCUT2D eigenvalue weighted by atomic mass is 16.1. The third-order valence-corrected chi connectivity index (χ3v) is 4.32. The summed E-state index contributed by atoms with van der Waals surface area (Å²) in [5, 5.41) is 0. The van der Waals surface area contributed by atoms with Gasteiger partial charge in [0.25, 0.3) is 0 Å². The quantitative estimate of drug-likeness (QED) is 0.879. The van der Waals surface area contributed by atoms with Gasteiger partial charge in [0.2, 0.25) is 5.78 Å². The molecule has 0 bridgehead atoms. The maximum absolute atomic E-state index is 12.9. The normalized spacial score (nSPS) is 14.7. The van der Waals surface area contributed by atoms with E-state index < -0.39 is 0 Å². The first kappa shape index (κ1) is 15.5. The zero-order chi connectivity index (χ0) is 16.2. The molecule has 0 saturated carbocycles. The number of nitrogen functional groups attached to an aromatic ring is 1. The molecule has 2 aromatic rings. The summed E-state index contributed by atoms with van der Waals surface area (Å²) in [6.07, 6.45) is 5.96. The van der Waals surface area contributed by atoms with E-state index in [4.69, 9.17) is 5.73 Å². The lowest BCUT2D eigenvalue weighted by molar-refractivity contribution is 0.103. The third kappa shape index (κ3) is 3.18. The lowest BCUT2D eigenvalue weighted by Crippen LogP contribution is -2.30. The zero-order valence-corrected chi connectivity index (χ0v) is 13.5. The molecular formula is C18H22N4O. The van der Waals surface area contributed by atoms with Gasteiger partial charge in [0.05, 0.1) is 5.56 Å². The van der Waals surface area contributed by atoms with E-state index in [-0.39, 0.29) is 11.6 Å². The van der Waals surface area contributed by atoms with E-state index in [9.17, 15) is 4.79 Å². The van der Waals surface area contributed by atoms with Gasteiger partial charge in [0, 0.05) is 19.3 Å². The maximum Gasteiger partial charge on any atom is 0.215 e. The van der Waals surface area contributed by atoms with Crippen LogP contribution < -0.4 is 10.6 Å². The van der Waals surface area contributed by atoms with Crippen LogP contribution in [0.5, 0.6) is 0 Å². The summed E-state index contributed by atoms with van der Waals surface area (Å²) in [6.45, 7) is 4.03. The predicted molar refractivity (Wildman–Crippen MR) is 91.8 cm³/mol. The highest BCUT2D eigenvalue weighted by molar-refractivity contribution is 6.11. The van der Waals surface area contributed by atoms with E-state index in [0.29, 0.717) is 11.3 Å². The molecule has 2 N–H and O–H groups in total. The molecule has 0 spiro atoms. The Morgan fingerprint density at radius 1 is 1.22 bits per heavy atom. The summed E-state index contributed by atoms with van der Waals surface area (Å²) in [4.78, 5) is 23.8. The highest BCUT2D eigenvalue weighted by Crippen LogP contribution is 2.22. The number of aryl methyl sites for hydroxylation is 1. The molecule has 0 unspecified atom stereocenters. The number of hydrogen-bond acceptors (Lipinski definition) is 5. The van der Waals surface area contributed by atoms with E-state index in [1.807, 2.05) is 19.1 Å². The Labute approximate surface area is 136 Å². The molecule has 1 aliphatic rings. The van der Waals surface area contributed by atoms with Crippen LogP contribution in [-0.4, -0.2) is 28.8 Å². The fraction of sp³-hybridized carbons (Fsp3) is 0.389. The first-order chi connectivity index (χ1) is 11.2. The van der Waals surface area contributed by atoms with Gasteiger partial charge in [0.15, 0.2) is 0 Å². The number of hydrogen-bond donors (Lipinski definition) is 1. The molecule has 23 heavy (non-hydrogen) atoms. The van der Waals surface area contributed by atoms with Crippen molar-refractivity contribution in [3.8, 4) is 0 Å². The van der Waals surface area contributed by atoms with E-state index >= 15 is 0 Å². The van der Waals surface area contributed by atoms with Crippen LogP contribution in [0.4, 0.5) is 11.6 Å². The summed E-state index contributed by atoms with van der Waals surface area (Å²) < 4.78 is 0. The summed E-state index contributed by atoms with van der Waals surface area (Å²) in [5.41, 5.74) is 7.72. The van der Waals surface area contributed by atoms with Gasteiger partial charge in [-0.15, -0.1) is 0 Å². The van der Waals surface area contributed by atoms with Crippen molar-refractivity contribution in [2.24, 2.45) is 0 Å². The van der Waals surface area contributed by atoms with Gasteiger partial charge in [-0.2, -0.15) is 0 Å². The van der Waals surface area contributed by atoms with Crippen LogP contribution in [0.3, 0.4) is 0 Å². The largest absolute Gasteiger partial charge is 0.383 e. The number of piperidine rings is 1. The molecule has 0 aromatic carbocycles. The molecule has 1 aliphatic heterocycles. The molecule has 0 aliphatic carbocycles. The summed E-state index contributed by atoms with van der Waals surface area (Å²) in [7, 11) is 0. The predicted octanol–water partition coefficient (Wildman–Crippen LogP) is 2.84. The topological polar surface area (TPSA) is 72.1 Å². The molecule has 5 heteroatoms. The van der Waals surface area contributed by atoms with Gasteiger partial charge < -0.3 is 10.6 Å². The summed E-state index contributed by atoms with van der Waals surface area (Å²) in [5.74, 6) is 0.990. The standard InChI is InChI=1S/C18H22N4O/c1-2-13-8-9-15(22-11-4-3-5-12-22)21-16(13)17(23)14-7-6-10-20-18(14)19/h6-10H,2-5,11-12H2,1H3,(H2,19,20). The SMILES string of the molecule is CCc1ccc(N2CCCCC2)nc1C(=O)c1cccnc1N. The molecule has 5 nitrogen and oxygen atoms in total. The molecule has 0 amide bonds. The smallest absolute Gasteiger partial charge is 0.215 e. The first-order valence-corrected chi connectivity index (χ1v) is 8.20. The van der Waals surface area contributed by atoms with Gasteiger partial charge in [-0.3, -0.25) is 4.79 Å². The minimum Gasteiger partial charge on any atom is -0.383 e.